The summed E-state index contributed by atoms with van der Waals surface area (Å²) in [5, 5.41) is 0. The number of hydrogen-bond donors (Lipinski definition) is 0. The maximum absolute atomic E-state index is 2.20. The monoisotopic (exact) mass is 155 g/mol. The minimum Gasteiger partial charge on any atom is -1.00 e. The van der Waals surface area contributed by atoms with E-state index in [1.54, 1.807) is 0 Å². The minimum atomic E-state index is 0. The molecule has 0 saturated carbocycles. The van der Waals surface area contributed by atoms with Crippen molar-refractivity contribution in [3.8, 4) is 0 Å². The van der Waals surface area contributed by atoms with Gasteiger partial charge in [0.05, 0.1) is 0 Å². The summed E-state index contributed by atoms with van der Waals surface area (Å²) in [5.41, 5.74) is 1.41. The van der Waals surface area contributed by atoms with Crippen LogP contribution in [0, 0.1) is 0 Å². The maximum atomic E-state index is 2.20. The van der Waals surface area contributed by atoms with Gasteiger partial charge in [-0.25, -0.2) is 4.57 Å². The van der Waals surface area contributed by atoms with Crippen LogP contribution < -0.4 is 9.27 Å². The van der Waals surface area contributed by atoms with Gasteiger partial charge in [-0.15, -0.1) is 0 Å². The molecule has 0 saturated heterocycles. The average molecular weight is 155 g/mol. The van der Waals surface area contributed by atoms with Gasteiger partial charge in [0.1, 0.15) is 7.05 Å². The fraction of sp³-hybridized carbons (Fsp3) is 0.444. The summed E-state index contributed by atoms with van der Waals surface area (Å²) in [5.74, 6) is 0. The first-order valence-electron chi connectivity index (χ1n) is 3.78. The maximum Gasteiger partial charge on any atom is 0.181 e. The van der Waals surface area contributed by atoms with Gasteiger partial charge in [-0.3, -0.25) is 0 Å². The van der Waals surface area contributed by atoms with Gasteiger partial charge in [0.15, 0.2) is 11.9 Å². The van der Waals surface area contributed by atoms with Crippen molar-refractivity contribution in [1.82, 2.24) is 0 Å². The first kappa shape index (κ1) is 10.1. The molecular formula is C9H14FN. The Labute approximate surface area is 67.0 Å². The highest BCUT2D eigenvalue weighted by Crippen LogP contribution is 1.93. The fourth-order valence-corrected chi connectivity index (χ4v) is 1.07. The summed E-state index contributed by atoms with van der Waals surface area (Å²) in [6.07, 6.45) is 4.49. The lowest BCUT2D eigenvalue weighted by Crippen LogP contribution is -3.00. The highest BCUT2D eigenvalue weighted by atomic mass is 19.0. The normalized spacial score (nSPS) is 8.91. The van der Waals surface area contributed by atoms with E-state index in [0.717, 1.165) is 0 Å². The lowest BCUT2D eigenvalue weighted by molar-refractivity contribution is -0.679. The Morgan fingerprint density at radius 3 is 2.64 bits per heavy atom. The van der Waals surface area contributed by atoms with Crippen molar-refractivity contribution in [3.63, 3.8) is 0 Å². The van der Waals surface area contributed by atoms with Crippen LogP contribution in [0.15, 0.2) is 24.4 Å². The lowest BCUT2D eigenvalue weighted by atomic mass is 10.2. The summed E-state index contributed by atoms with van der Waals surface area (Å²) < 4.78 is 2.17. The van der Waals surface area contributed by atoms with Crippen LogP contribution in [-0.2, 0) is 13.5 Å². The summed E-state index contributed by atoms with van der Waals surface area (Å²) in [6.45, 7) is 2.20. The molecule has 0 unspecified atom stereocenters. The highest BCUT2D eigenvalue weighted by Gasteiger charge is 2.00. The molecule has 0 atom stereocenters. The molecule has 0 aromatic carbocycles. The molecule has 1 rings (SSSR count). The summed E-state index contributed by atoms with van der Waals surface area (Å²) >= 11 is 0. The Bertz CT molecular complexity index is 210. The van der Waals surface area contributed by atoms with Gasteiger partial charge in [0, 0.05) is 18.6 Å². The Kier molecular flexibility index (Phi) is 4.42. The molecule has 1 aromatic rings. The summed E-state index contributed by atoms with van der Waals surface area (Å²) in [4.78, 5) is 0. The summed E-state index contributed by atoms with van der Waals surface area (Å²) in [7, 11) is 2.09. The third kappa shape index (κ3) is 2.66. The van der Waals surface area contributed by atoms with Gasteiger partial charge in [-0.05, 0) is 6.42 Å². The number of aromatic nitrogens is 1. The van der Waals surface area contributed by atoms with Crippen molar-refractivity contribution < 1.29 is 9.27 Å². The zero-order valence-corrected chi connectivity index (χ0v) is 7.05. The highest BCUT2D eigenvalue weighted by molar-refractivity contribution is 4.96. The largest absolute Gasteiger partial charge is 1.00 e. The predicted molar refractivity (Wildman–Crippen MR) is 41.6 cm³/mol. The molecular weight excluding hydrogens is 141 g/mol. The van der Waals surface area contributed by atoms with Gasteiger partial charge in [-0.2, -0.15) is 0 Å². The fourth-order valence-electron chi connectivity index (χ4n) is 1.07. The number of rotatable bonds is 2. The number of hydrogen-bond acceptors (Lipinski definition) is 0. The second-order valence-corrected chi connectivity index (χ2v) is 2.55. The second kappa shape index (κ2) is 4.83. The van der Waals surface area contributed by atoms with Gasteiger partial charge >= 0.3 is 0 Å². The molecule has 0 radical (unpaired) electrons. The number of nitrogens with zero attached hydrogens (tertiary/aromatic N) is 1. The molecule has 0 N–H and O–H groups in total. The Morgan fingerprint density at radius 1 is 1.36 bits per heavy atom. The molecule has 1 aromatic heterocycles. The van der Waals surface area contributed by atoms with Gasteiger partial charge in [0.2, 0.25) is 0 Å². The van der Waals surface area contributed by atoms with Crippen LogP contribution in [0.1, 0.15) is 19.0 Å². The van der Waals surface area contributed by atoms with E-state index in [-0.39, 0.29) is 4.70 Å². The van der Waals surface area contributed by atoms with Crippen molar-refractivity contribution in [2.75, 3.05) is 0 Å². The molecule has 0 amide bonds. The quantitative estimate of drug-likeness (QED) is 0.456. The van der Waals surface area contributed by atoms with E-state index in [4.69, 9.17) is 0 Å². The predicted octanol–water partition coefficient (Wildman–Crippen LogP) is -1.53. The Hall–Kier alpha value is -0.920. The zero-order valence-electron chi connectivity index (χ0n) is 7.05. The van der Waals surface area contributed by atoms with E-state index in [1.807, 2.05) is 0 Å². The van der Waals surface area contributed by atoms with Crippen molar-refractivity contribution in [3.05, 3.63) is 30.1 Å². The number of pyridine rings is 1. The van der Waals surface area contributed by atoms with Crippen LogP contribution >= 0.6 is 0 Å². The van der Waals surface area contributed by atoms with Gasteiger partial charge < -0.3 is 4.70 Å². The average Bonchev–Trinajstić information content (AvgIpc) is 1.94. The van der Waals surface area contributed by atoms with Crippen LogP contribution in [-0.4, -0.2) is 0 Å². The standard InChI is InChI=1S/C9H14N.FH/c1-3-6-9-7-4-5-8-10(9)2;/h4-5,7-8H,3,6H2,1-2H3;1H/q+1;/p-1. The summed E-state index contributed by atoms with van der Waals surface area (Å²) in [6, 6.07) is 6.31. The third-order valence-corrected chi connectivity index (χ3v) is 1.67. The molecule has 1 nitrogen and oxygen atoms in total. The lowest BCUT2D eigenvalue weighted by Gasteiger charge is -1.94. The molecule has 2 heteroatoms. The topological polar surface area (TPSA) is 3.88 Å². The first-order valence-corrected chi connectivity index (χ1v) is 3.78. The van der Waals surface area contributed by atoms with Crippen molar-refractivity contribution in [1.29, 1.82) is 0 Å². The van der Waals surface area contributed by atoms with Crippen LogP contribution in [0.4, 0.5) is 0 Å². The van der Waals surface area contributed by atoms with E-state index >= 15 is 0 Å². The SMILES string of the molecule is CCCc1cccc[n+]1C.[F-]. The molecule has 0 spiro atoms. The molecule has 0 aliphatic heterocycles. The van der Waals surface area contributed by atoms with Crippen LogP contribution in [0.5, 0.6) is 0 Å². The molecule has 1 heterocycles. The van der Waals surface area contributed by atoms with Gasteiger partial charge in [-0.1, -0.05) is 13.0 Å². The van der Waals surface area contributed by atoms with Crippen LogP contribution in [0.2, 0.25) is 0 Å². The van der Waals surface area contributed by atoms with Crippen LogP contribution in [0.3, 0.4) is 0 Å². The molecule has 0 fully saturated rings. The molecule has 0 bridgehead atoms. The van der Waals surface area contributed by atoms with Crippen LogP contribution in [0.25, 0.3) is 0 Å². The Morgan fingerprint density at radius 2 is 2.09 bits per heavy atom. The molecule has 62 valence electrons. The Balaban J connectivity index is 0.000001000. The number of aryl methyl sites for hydroxylation is 2. The number of halogens is 1. The molecule has 0 aliphatic rings. The molecule has 11 heavy (non-hydrogen) atoms. The molecule has 0 aliphatic carbocycles. The third-order valence-electron chi connectivity index (χ3n) is 1.67. The smallest absolute Gasteiger partial charge is 0.181 e. The van der Waals surface area contributed by atoms with E-state index in [9.17, 15) is 0 Å². The van der Waals surface area contributed by atoms with E-state index in [2.05, 4.69) is 42.9 Å². The van der Waals surface area contributed by atoms with Crippen molar-refractivity contribution in [2.24, 2.45) is 7.05 Å². The van der Waals surface area contributed by atoms with Crippen molar-refractivity contribution in [2.45, 2.75) is 19.8 Å². The van der Waals surface area contributed by atoms with Gasteiger partial charge in [0.25, 0.3) is 0 Å². The zero-order chi connectivity index (χ0) is 7.40. The van der Waals surface area contributed by atoms with E-state index in [0.29, 0.717) is 0 Å². The van der Waals surface area contributed by atoms with E-state index < -0.39 is 0 Å². The second-order valence-electron chi connectivity index (χ2n) is 2.55. The van der Waals surface area contributed by atoms with E-state index in [1.165, 1.54) is 18.5 Å². The van der Waals surface area contributed by atoms with Crippen molar-refractivity contribution >= 4 is 0 Å². The first-order chi connectivity index (χ1) is 4.84. The minimum absolute atomic E-state index is 0.